The van der Waals surface area contributed by atoms with Crippen LogP contribution in [0, 0.1) is 17.8 Å². The van der Waals surface area contributed by atoms with E-state index in [-0.39, 0.29) is 9.90 Å². The Morgan fingerprint density at radius 3 is 2.53 bits per heavy atom. The minimum absolute atomic E-state index is 0. The smallest absolute Gasteiger partial charge is 0.0268 e. The molecule has 4 unspecified atom stereocenters. The normalized spacial score (nSPS) is 27.1. The summed E-state index contributed by atoms with van der Waals surface area (Å²) in [4.78, 5) is 1.25. The quantitative estimate of drug-likeness (QED) is 0.601. The molecule has 0 aliphatic heterocycles. The van der Waals surface area contributed by atoms with Gasteiger partial charge in [0.2, 0.25) is 0 Å². The van der Waals surface area contributed by atoms with Crippen molar-refractivity contribution < 1.29 is 0 Å². The van der Waals surface area contributed by atoms with Gasteiger partial charge in [-0.25, -0.2) is 0 Å². The van der Waals surface area contributed by atoms with E-state index in [9.17, 15) is 0 Å². The van der Waals surface area contributed by atoms with Crippen LogP contribution in [-0.4, -0.2) is 0 Å². The predicted octanol–water partition coefficient (Wildman–Crippen LogP) is 6.17. The van der Waals surface area contributed by atoms with Gasteiger partial charge in [0.1, 0.15) is 0 Å². The summed E-state index contributed by atoms with van der Waals surface area (Å²) in [5.74, 6) is 3.11. The van der Waals surface area contributed by atoms with Crippen LogP contribution in [0.1, 0.15) is 51.5 Å². The maximum atomic E-state index is 6.03. The molecule has 1 aliphatic rings. The zero-order valence-corrected chi connectivity index (χ0v) is 15.2. The predicted molar refractivity (Wildman–Crippen MR) is 93.3 cm³/mol. The van der Waals surface area contributed by atoms with Crippen molar-refractivity contribution in [3.8, 4) is 0 Å². The summed E-state index contributed by atoms with van der Waals surface area (Å²) in [5, 5.41) is 0. The molecule has 1 aromatic rings. The van der Waals surface area contributed by atoms with Gasteiger partial charge in [0.25, 0.3) is 0 Å². The van der Waals surface area contributed by atoms with Crippen molar-refractivity contribution in [1.82, 2.24) is 0 Å². The monoisotopic (exact) mass is 316 g/mol. The number of hydrogen-bond donors (Lipinski definition) is 0. The molecular weight excluding hydrogens is 291 g/mol. The Hall–Kier alpha value is 0.290. The molecule has 3 heteroatoms. The van der Waals surface area contributed by atoms with E-state index >= 15 is 0 Å². The first kappa shape index (κ1) is 17.3. The summed E-state index contributed by atoms with van der Waals surface area (Å²) in [6.45, 7) is 7.12. The molecule has 1 saturated carbocycles. The average Bonchev–Trinajstić information content (AvgIpc) is 2.38. The van der Waals surface area contributed by atoms with E-state index in [2.05, 4.69) is 45.0 Å². The third-order valence-corrected chi connectivity index (χ3v) is 5.46. The first-order valence-corrected chi connectivity index (χ1v) is 8.65. The van der Waals surface area contributed by atoms with Crippen molar-refractivity contribution in [2.24, 2.45) is 17.8 Å². The molecular formula is C16H26ClPS. The van der Waals surface area contributed by atoms with Crippen LogP contribution in [-0.2, 0) is 0 Å². The van der Waals surface area contributed by atoms with E-state index in [0.29, 0.717) is 5.92 Å². The summed E-state index contributed by atoms with van der Waals surface area (Å²) < 4.78 is 0. The van der Waals surface area contributed by atoms with Gasteiger partial charge in [-0.15, -0.1) is 0 Å². The molecule has 0 radical (unpaired) electrons. The maximum Gasteiger partial charge on any atom is 0.0268 e. The fourth-order valence-electron chi connectivity index (χ4n) is 3.42. The van der Waals surface area contributed by atoms with Crippen LogP contribution in [0.5, 0.6) is 0 Å². The molecule has 108 valence electrons. The van der Waals surface area contributed by atoms with Gasteiger partial charge >= 0.3 is 0 Å². The van der Waals surface area contributed by atoms with Crippen LogP contribution >= 0.6 is 31.6 Å². The van der Waals surface area contributed by atoms with Crippen LogP contribution in [0.2, 0.25) is 0 Å². The van der Waals surface area contributed by atoms with Crippen molar-refractivity contribution in [3.05, 3.63) is 29.8 Å². The SMILES string of the molecule is CC1CCC(C(C)C)C(c2ccccc2SCl)C1.P. The minimum Gasteiger partial charge on any atom is -0.153 e. The molecule has 1 aliphatic carbocycles. The number of halogens is 1. The summed E-state index contributed by atoms with van der Waals surface area (Å²) >= 11 is 0. The molecule has 0 N–H and O–H groups in total. The second-order valence-corrected chi connectivity index (χ2v) is 7.10. The highest BCUT2D eigenvalue weighted by Gasteiger charge is 2.32. The third-order valence-electron chi connectivity index (χ3n) is 4.42. The van der Waals surface area contributed by atoms with Crippen molar-refractivity contribution in [2.45, 2.75) is 50.8 Å². The summed E-state index contributed by atoms with van der Waals surface area (Å²) in [5.41, 5.74) is 1.47. The Morgan fingerprint density at radius 2 is 1.89 bits per heavy atom. The maximum absolute atomic E-state index is 6.03. The Bertz CT molecular complexity index is 394. The number of hydrogen-bond acceptors (Lipinski definition) is 1. The van der Waals surface area contributed by atoms with Crippen LogP contribution < -0.4 is 0 Å². The Kier molecular flexibility index (Phi) is 7.22. The second kappa shape index (κ2) is 7.91. The highest BCUT2D eigenvalue weighted by atomic mass is 35.7. The molecule has 0 spiro atoms. The molecule has 0 aromatic heterocycles. The zero-order valence-electron chi connectivity index (χ0n) is 12.2. The van der Waals surface area contributed by atoms with Gasteiger partial charge in [-0.05, 0) is 69.8 Å². The highest BCUT2D eigenvalue weighted by molar-refractivity contribution is 8.21. The van der Waals surface area contributed by atoms with Gasteiger partial charge in [-0.1, -0.05) is 45.4 Å². The van der Waals surface area contributed by atoms with Crippen molar-refractivity contribution >= 4 is 31.6 Å². The summed E-state index contributed by atoms with van der Waals surface area (Å²) in [6, 6.07) is 8.68. The third kappa shape index (κ3) is 4.13. The Morgan fingerprint density at radius 1 is 1.21 bits per heavy atom. The van der Waals surface area contributed by atoms with E-state index in [1.54, 1.807) is 0 Å². The van der Waals surface area contributed by atoms with E-state index < -0.39 is 0 Å². The topological polar surface area (TPSA) is 0 Å². The largest absolute Gasteiger partial charge is 0.153 e. The van der Waals surface area contributed by atoms with E-state index in [1.165, 1.54) is 40.7 Å². The molecule has 0 heterocycles. The molecule has 0 bridgehead atoms. The molecule has 1 aromatic carbocycles. The van der Waals surface area contributed by atoms with Gasteiger partial charge < -0.3 is 0 Å². The molecule has 4 atom stereocenters. The molecule has 19 heavy (non-hydrogen) atoms. The first-order chi connectivity index (χ1) is 8.63. The molecule has 2 rings (SSSR count). The summed E-state index contributed by atoms with van der Waals surface area (Å²) in [7, 11) is 7.41. The van der Waals surface area contributed by atoms with E-state index in [4.69, 9.17) is 10.7 Å². The minimum atomic E-state index is 0. The lowest BCUT2D eigenvalue weighted by Crippen LogP contribution is -2.26. The Labute approximate surface area is 130 Å². The molecule has 0 saturated heterocycles. The molecule has 0 nitrogen and oxygen atoms in total. The van der Waals surface area contributed by atoms with Crippen LogP contribution in [0.25, 0.3) is 0 Å². The van der Waals surface area contributed by atoms with Gasteiger partial charge in [0.15, 0.2) is 0 Å². The lowest BCUT2D eigenvalue weighted by Gasteiger charge is -2.38. The molecule has 0 amide bonds. The zero-order chi connectivity index (χ0) is 13.1. The van der Waals surface area contributed by atoms with Gasteiger partial charge in [-0.2, -0.15) is 9.90 Å². The lowest BCUT2D eigenvalue weighted by molar-refractivity contribution is 0.195. The van der Waals surface area contributed by atoms with Crippen LogP contribution in [0.3, 0.4) is 0 Å². The highest BCUT2D eigenvalue weighted by Crippen LogP contribution is 2.46. The number of rotatable bonds is 3. The van der Waals surface area contributed by atoms with Crippen molar-refractivity contribution in [3.63, 3.8) is 0 Å². The van der Waals surface area contributed by atoms with Gasteiger partial charge in [0.05, 0.1) is 0 Å². The van der Waals surface area contributed by atoms with Crippen LogP contribution in [0.15, 0.2) is 29.2 Å². The van der Waals surface area contributed by atoms with Crippen LogP contribution in [0.4, 0.5) is 0 Å². The second-order valence-electron chi connectivity index (χ2n) is 6.05. The fraction of sp³-hybridized carbons (Fsp3) is 0.625. The molecule has 1 fully saturated rings. The lowest BCUT2D eigenvalue weighted by atomic mass is 9.67. The summed E-state index contributed by atoms with van der Waals surface area (Å²) in [6.07, 6.45) is 4.07. The van der Waals surface area contributed by atoms with Crippen molar-refractivity contribution in [2.75, 3.05) is 0 Å². The first-order valence-electron chi connectivity index (χ1n) is 7.01. The Balaban J connectivity index is 0.00000180. The van der Waals surface area contributed by atoms with Crippen molar-refractivity contribution in [1.29, 1.82) is 0 Å². The standard InChI is InChI=1S/C16H23ClS.H3P/c1-11(2)13-9-8-12(3)10-15(13)14-6-4-5-7-16(14)18-17;/h4-7,11-13,15H,8-10H2,1-3H3;1H3. The fourth-order valence-corrected chi connectivity index (χ4v) is 4.28. The van der Waals surface area contributed by atoms with E-state index in [1.807, 2.05) is 0 Å². The average molecular weight is 317 g/mol. The van der Waals surface area contributed by atoms with E-state index in [0.717, 1.165) is 17.8 Å². The van der Waals surface area contributed by atoms with Gasteiger partial charge in [0, 0.05) is 4.90 Å². The van der Waals surface area contributed by atoms with Gasteiger partial charge in [-0.3, -0.25) is 0 Å². The number of benzene rings is 1.